The molecule has 2 N–H and O–H groups in total. The molecule has 0 amide bonds. The molecule has 6 aromatic heterocycles. The quantitative estimate of drug-likeness (QED) is 0.0875. The zero-order chi connectivity index (χ0) is 47.2. The zero-order valence-corrected chi connectivity index (χ0v) is 38.6. The summed E-state index contributed by atoms with van der Waals surface area (Å²) < 4.78 is 46.1. The van der Waals surface area contributed by atoms with Crippen molar-refractivity contribution in [2.24, 2.45) is 11.8 Å². The molecule has 0 unspecified atom stereocenters. The van der Waals surface area contributed by atoms with Gasteiger partial charge in [-0.1, -0.05) is 0 Å². The maximum absolute atomic E-state index is 13.7. The molecule has 2 aromatic carbocycles. The molecule has 6 heterocycles. The van der Waals surface area contributed by atoms with E-state index in [1.54, 1.807) is 45.8 Å². The van der Waals surface area contributed by atoms with Crippen LogP contribution < -0.4 is 10.6 Å². The molecule has 348 valence electrons. The molecule has 0 bridgehead atoms. The van der Waals surface area contributed by atoms with Crippen LogP contribution in [0.15, 0.2) is 73.3 Å². The Labute approximate surface area is 390 Å². The van der Waals surface area contributed by atoms with Gasteiger partial charge in [-0.2, -0.15) is 20.4 Å². The minimum atomic E-state index is -0.846. The molecule has 10 rings (SSSR count). The van der Waals surface area contributed by atoms with E-state index >= 15 is 0 Å². The lowest BCUT2D eigenvalue weighted by atomic mass is 10.1. The summed E-state index contributed by atoms with van der Waals surface area (Å²) >= 11 is 0. The number of aromatic nitrogens is 12. The Kier molecular flexibility index (Phi) is 11.7. The molecule has 2 aliphatic rings. The fourth-order valence-corrected chi connectivity index (χ4v) is 8.36. The summed E-state index contributed by atoms with van der Waals surface area (Å²) in [7, 11) is 0. The van der Waals surface area contributed by atoms with Crippen LogP contribution in [0.25, 0.3) is 34.2 Å². The fourth-order valence-electron chi connectivity index (χ4n) is 8.36. The Morgan fingerprint density at radius 2 is 0.985 bits per heavy atom. The Balaban J connectivity index is 0.794. The number of nitrogens with one attached hydrogen (secondary N) is 2. The number of hydrogen-bond acceptors (Lipinski definition) is 13. The van der Waals surface area contributed by atoms with Crippen molar-refractivity contribution in [3.63, 3.8) is 0 Å². The van der Waals surface area contributed by atoms with Crippen LogP contribution in [0.1, 0.15) is 70.7 Å². The molecule has 0 aliphatic heterocycles. The summed E-state index contributed by atoms with van der Waals surface area (Å²) in [6.07, 6.45) is 6.69. The van der Waals surface area contributed by atoms with E-state index in [-0.39, 0.29) is 24.8 Å². The third-order valence-corrected chi connectivity index (χ3v) is 12.7. The maximum Gasteiger partial charge on any atom is 0.508 e. The summed E-state index contributed by atoms with van der Waals surface area (Å²) in [5.41, 5.74) is 9.24. The molecular formula is C49H50F2N14O3. The molecule has 2 aliphatic carbocycles. The minimum absolute atomic E-state index is 0.0727. The van der Waals surface area contributed by atoms with E-state index in [0.717, 1.165) is 95.4 Å². The first-order valence-corrected chi connectivity index (χ1v) is 22.6. The van der Waals surface area contributed by atoms with Gasteiger partial charge in [-0.25, -0.2) is 52.2 Å². The monoisotopic (exact) mass is 920 g/mol. The normalized spacial score (nSPS) is 13.5. The second kappa shape index (κ2) is 18.1. The van der Waals surface area contributed by atoms with Gasteiger partial charge in [0.05, 0.1) is 22.8 Å². The Morgan fingerprint density at radius 3 is 1.37 bits per heavy atom. The molecule has 8 aromatic rings. The van der Waals surface area contributed by atoms with E-state index in [9.17, 15) is 13.6 Å². The molecule has 0 saturated heterocycles. The molecule has 2 saturated carbocycles. The van der Waals surface area contributed by atoms with Gasteiger partial charge in [0, 0.05) is 70.0 Å². The zero-order valence-electron chi connectivity index (χ0n) is 38.6. The molecule has 0 spiro atoms. The van der Waals surface area contributed by atoms with E-state index in [4.69, 9.17) is 29.9 Å². The number of carbonyl (C=O) groups is 1. The van der Waals surface area contributed by atoms with Crippen LogP contribution in [0.5, 0.6) is 0 Å². The van der Waals surface area contributed by atoms with Crippen molar-refractivity contribution in [2.75, 3.05) is 10.6 Å². The first kappa shape index (κ1) is 44.0. The first-order chi connectivity index (χ1) is 32.9. The van der Waals surface area contributed by atoms with E-state index in [1.165, 1.54) is 36.9 Å². The lowest BCUT2D eigenvalue weighted by Crippen LogP contribution is -2.10. The highest BCUT2D eigenvalue weighted by molar-refractivity contribution is 5.73. The van der Waals surface area contributed by atoms with Crippen molar-refractivity contribution in [2.45, 2.75) is 93.5 Å². The summed E-state index contributed by atoms with van der Waals surface area (Å²) in [6.45, 7) is 12.8. The van der Waals surface area contributed by atoms with Crippen molar-refractivity contribution in [1.82, 2.24) is 59.1 Å². The number of aryl methyl sites for hydroxylation is 2. The van der Waals surface area contributed by atoms with Crippen LogP contribution in [-0.2, 0) is 35.8 Å². The number of ether oxygens (including phenoxy) is 2. The van der Waals surface area contributed by atoms with Crippen LogP contribution in [0, 0.1) is 65.0 Å². The average molecular weight is 921 g/mol. The molecule has 17 nitrogen and oxygen atoms in total. The Hall–Kier alpha value is -7.83. The van der Waals surface area contributed by atoms with Crippen molar-refractivity contribution < 1.29 is 23.0 Å². The van der Waals surface area contributed by atoms with Gasteiger partial charge in [-0.3, -0.25) is 0 Å². The molecular weight excluding hydrogens is 871 g/mol. The van der Waals surface area contributed by atoms with Gasteiger partial charge in [-0.05, 0) is 128 Å². The number of nitrogens with zero attached hydrogens (tertiary/aromatic N) is 12. The number of carbonyl (C=O) groups excluding carboxylic acids is 1. The highest BCUT2D eigenvalue weighted by Gasteiger charge is 2.28. The SMILES string of the molecule is Cc1nn(-c2cc(Nc3c(C)c(-c4ccc(F)cc4)nn3CC3CC3)ncn2)c(C)c1COC(=O)OCc1c(C)nn(-c2cc(Nc3c(C)c(-c4ccc(F)cc4)nn3CC3CC3)ncn2)c1C. The second-order valence-corrected chi connectivity index (χ2v) is 17.6. The summed E-state index contributed by atoms with van der Waals surface area (Å²) in [4.78, 5) is 31.1. The highest BCUT2D eigenvalue weighted by atomic mass is 19.1. The van der Waals surface area contributed by atoms with Gasteiger partial charge in [0.15, 0.2) is 11.6 Å². The first-order valence-electron chi connectivity index (χ1n) is 22.6. The van der Waals surface area contributed by atoms with Crippen LogP contribution in [0.2, 0.25) is 0 Å². The molecule has 0 radical (unpaired) electrons. The van der Waals surface area contributed by atoms with Gasteiger partial charge < -0.3 is 20.1 Å². The summed E-state index contributed by atoms with van der Waals surface area (Å²) in [5, 5.41) is 26.2. The molecule has 2 fully saturated rings. The topological polar surface area (TPSA) is 182 Å². The number of halogens is 2. The predicted octanol–water partition coefficient (Wildman–Crippen LogP) is 9.65. The standard InChI is InChI=1S/C49H50F2N14O3/c1-27-45(35-11-15-37(50)16-12-35)60-62(21-33-7-8-33)47(27)56-41-19-43(54-25-52-41)64-31(5)39(29(3)58-64)23-67-49(66)68-24-40-30(4)59-65(32(40)6)44-20-42(53-26-55-44)57-48-28(2)46(36-13-17-38(51)18-14-36)61-63(48)22-34-9-10-34/h11-20,25-26,33-34H,7-10,21-24H2,1-6H3,(H,52,54,56)(H,53,55,57). The van der Waals surface area contributed by atoms with Crippen molar-refractivity contribution >= 4 is 29.4 Å². The van der Waals surface area contributed by atoms with E-state index in [1.807, 2.05) is 50.9 Å². The van der Waals surface area contributed by atoms with Gasteiger partial charge >= 0.3 is 6.16 Å². The van der Waals surface area contributed by atoms with Gasteiger partial charge in [0.1, 0.15) is 60.8 Å². The van der Waals surface area contributed by atoms with Crippen LogP contribution in [-0.4, -0.2) is 65.2 Å². The summed E-state index contributed by atoms with van der Waals surface area (Å²) in [5.74, 6) is 4.23. The minimum Gasteiger partial charge on any atom is -0.429 e. The van der Waals surface area contributed by atoms with Crippen molar-refractivity contribution in [3.05, 3.63) is 130 Å². The van der Waals surface area contributed by atoms with E-state index < -0.39 is 6.16 Å². The molecule has 19 heteroatoms. The largest absolute Gasteiger partial charge is 0.508 e. The Bertz CT molecular complexity index is 2960. The van der Waals surface area contributed by atoms with Gasteiger partial charge in [0.2, 0.25) is 0 Å². The number of benzene rings is 2. The Morgan fingerprint density at radius 1 is 0.588 bits per heavy atom. The number of anilines is 4. The lowest BCUT2D eigenvalue weighted by molar-refractivity contribution is 0.0442. The van der Waals surface area contributed by atoms with Crippen molar-refractivity contribution in [1.29, 1.82) is 0 Å². The second-order valence-electron chi connectivity index (χ2n) is 17.6. The summed E-state index contributed by atoms with van der Waals surface area (Å²) in [6, 6.07) is 16.3. The molecule has 68 heavy (non-hydrogen) atoms. The van der Waals surface area contributed by atoms with Crippen LogP contribution >= 0.6 is 0 Å². The average Bonchev–Trinajstić information content (AvgIpc) is 4.24. The van der Waals surface area contributed by atoms with E-state index in [0.29, 0.717) is 57.6 Å². The lowest BCUT2D eigenvalue weighted by Gasteiger charge is -2.11. The maximum atomic E-state index is 13.7. The smallest absolute Gasteiger partial charge is 0.429 e. The fraction of sp³-hybridized carbons (Fsp3) is 0.327. The van der Waals surface area contributed by atoms with Crippen LogP contribution in [0.3, 0.4) is 0 Å². The highest BCUT2D eigenvalue weighted by Crippen LogP contribution is 2.37. The van der Waals surface area contributed by atoms with Gasteiger partial charge in [0.25, 0.3) is 0 Å². The van der Waals surface area contributed by atoms with Crippen LogP contribution in [0.4, 0.5) is 36.8 Å². The third kappa shape index (κ3) is 9.15. The number of rotatable bonds is 16. The number of hydrogen-bond donors (Lipinski definition) is 2. The third-order valence-electron chi connectivity index (χ3n) is 12.7. The molecule has 0 atom stereocenters. The van der Waals surface area contributed by atoms with Crippen molar-refractivity contribution in [3.8, 4) is 34.2 Å². The van der Waals surface area contributed by atoms with Gasteiger partial charge in [-0.15, -0.1) is 0 Å². The predicted molar refractivity (Wildman–Crippen MR) is 249 cm³/mol. The van der Waals surface area contributed by atoms with E-state index in [2.05, 4.69) is 30.6 Å².